The van der Waals surface area contributed by atoms with Crippen LogP contribution in [-0.4, -0.2) is 6.54 Å². The van der Waals surface area contributed by atoms with Gasteiger partial charge in [-0.3, -0.25) is 0 Å². The van der Waals surface area contributed by atoms with Gasteiger partial charge in [-0.1, -0.05) is 47.1 Å². The zero-order chi connectivity index (χ0) is 14.7. The third-order valence-corrected chi connectivity index (χ3v) is 4.30. The second-order valence-corrected chi connectivity index (χ2v) is 5.44. The van der Waals surface area contributed by atoms with E-state index < -0.39 is 11.6 Å². The molecule has 0 saturated heterocycles. The summed E-state index contributed by atoms with van der Waals surface area (Å²) in [6.45, 7) is 4.71. The Morgan fingerprint density at radius 3 is 2.55 bits per heavy atom. The topological polar surface area (TPSA) is 12.0 Å². The molecule has 0 spiro atoms. The maximum absolute atomic E-state index is 13.5. The van der Waals surface area contributed by atoms with E-state index in [4.69, 9.17) is 0 Å². The third-order valence-electron chi connectivity index (χ3n) is 3.22. The molecule has 0 radical (unpaired) electrons. The Bertz CT molecular complexity index is 613. The van der Waals surface area contributed by atoms with Crippen LogP contribution in [0.4, 0.5) is 8.78 Å². The Morgan fingerprint density at radius 1 is 1.15 bits per heavy atom. The summed E-state index contributed by atoms with van der Waals surface area (Å²) in [5.41, 5.74) is 2.82. The predicted molar refractivity (Wildman–Crippen MR) is 80.8 cm³/mol. The molecule has 0 aromatic heterocycles. The number of aryl methyl sites for hydroxylation is 1. The van der Waals surface area contributed by atoms with E-state index in [2.05, 4.69) is 21.2 Å². The van der Waals surface area contributed by atoms with Gasteiger partial charge in [0.2, 0.25) is 0 Å². The number of benzene rings is 2. The average molecular weight is 340 g/mol. The van der Waals surface area contributed by atoms with Crippen LogP contribution in [0.15, 0.2) is 40.9 Å². The quantitative estimate of drug-likeness (QED) is 0.848. The number of halogens is 3. The minimum atomic E-state index is -0.827. The molecular formula is C16H16BrF2N. The first kappa shape index (κ1) is 15.1. The molecule has 20 heavy (non-hydrogen) atoms. The highest BCUT2D eigenvalue weighted by Crippen LogP contribution is 2.31. The van der Waals surface area contributed by atoms with Crippen LogP contribution in [0.25, 0.3) is 0 Å². The van der Waals surface area contributed by atoms with Crippen molar-refractivity contribution in [2.24, 2.45) is 0 Å². The van der Waals surface area contributed by atoms with Gasteiger partial charge >= 0.3 is 0 Å². The Kier molecular flexibility index (Phi) is 4.89. The summed E-state index contributed by atoms with van der Waals surface area (Å²) in [7, 11) is 0. The minimum absolute atomic E-state index is 0.177. The van der Waals surface area contributed by atoms with E-state index in [9.17, 15) is 8.78 Å². The third kappa shape index (κ3) is 3.07. The van der Waals surface area contributed by atoms with E-state index in [0.29, 0.717) is 5.56 Å². The van der Waals surface area contributed by atoms with E-state index in [1.165, 1.54) is 12.1 Å². The standard InChI is InChI=1S/C16H16BrF2N/c1-3-20-16(11-7-8-13(18)14(19)9-11)12-6-4-5-10(2)15(12)17/h4-9,16,20H,3H2,1-2H3. The molecule has 1 N–H and O–H groups in total. The van der Waals surface area contributed by atoms with Gasteiger partial charge in [0.05, 0.1) is 6.04 Å². The predicted octanol–water partition coefficient (Wildman–Crippen LogP) is 4.73. The second kappa shape index (κ2) is 6.46. The van der Waals surface area contributed by atoms with Crippen molar-refractivity contribution in [1.29, 1.82) is 0 Å². The fraction of sp³-hybridized carbons (Fsp3) is 0.250. The van der Waals surface area contributed by atoms with Gasteiger partial charge in [-0.05, 0) is 42.3 Å². The van der Waals surface area contributed by atoms with Crippen molar-refractivity contribution in [2.45, 2.75) is 19.9 Å². The maximum Gasteiger partial charge on any atom is 0.159 e. The lowest BCUT2D eigenvalue weighted by Gasteiger charge is -2.21. The lowest BCUT2D eigenvalue weighted by atomic mass is 9.97. The first-order valence-electron chi connectivity index (χ1n) is 6.48. The molecule has 2 aromatic carbocycles. The van der Waals surface area contributed by atoms with Crippen molar-refractivity contribution in [3.8, 4) is 0 Å². The SMILES string of the molecule is CCNC(c1ccc(F)c(F)c1)c1cccc(C)c1Br. The molecule has 0 fully saturated rings. The Labute approximate surface area is 126 Å². The summed E-state index contributed by atoms with van der Waals surface area (Å²) in [6.07, 6.45) is 0. The minimum Gasteiger partial charge on any atom is -0.306 e. The lowest BCUT2D eigenvalue weighted by molar-refractivity contribution is 0.504. The molecule has 1 unspecified atom stereocenters. The first-order chi connectivity index (χ1) is 9.54. The fourth-order valence-corrected chi connectivity index (χ4v) is 2.69. The Hall–Kier alpha value is -1.26. The van der Waals surface area contributed by atoms with Crippen molar-refractivity contribution in [3.05, 3.63) is 69.2 Å². The lowest BCUT2D eigenvalue weighted by Crippen LogP contribution is -2.22. The molecule has 0 aliphatic carbocycles. The molecule has 2 aromatic rings. The van der Waals surface area contributed by atoms with E-state index in [0.717, 1.165) is 22.1 Å². The van der Waals surface area contributed by atoms with Gasteiger partial charge in [0.25, 0.3) is 0 Å². The first-order valence-corrected chi connectivity index (χ1v) is 7.27. The second-order valence-electron chi connectivity index (χ2n) is 4.64. The molecule has 1 nitrogen and oxygen atoms in total. The normalized spacial score (nSPS) is 12.4. The van der Waals surface area contributed by atoms with Crippen molar-refractivity contribution >= 4 is 15.9 Å². The van der Waals surface area contributed by atoms with Crippen molar-refractivity contribution < 1.29 is 8.78 Å². The highest BCUT2D eigenvalue weighted by molar-refractivity contribution is 9.10. The van der Waals surface area contributed by atoms with Gasteiger partial charge in [0.1, 0.15) is 0 Å². The molecule has 0 amide bonds. The zero-order valence-electron chi connectivity index (χ0n) is 11.4. The largest absolute Gasteiger partial charge is 0.306 e. The van der Waals surface area contributed by atoms with Crippen LogP contribution in [-0.2, 0) is 0 Å². The van der Waals surface area contributed by atoms with Gasteiger partial charge in [-0.2, -0.15) is 0 Å². The molecule has 0 aliphatic rings. The van der Waals surface area contributed by atoms with E-state index in [1.54, 1.807) is 6.07 Å². The maximum atomic E-state index is 13.5. The monoisotopic (exact) mass is 339 g/mol. The van der Waals surface area contributed by atoms with E-state index >= 15 is 0 Å². The van der Waals surface area contributed by atoms with Crippen molar-refractivity contribution in [2.75, 3.05) is 6.54 Å². The van der Waals surface area contributed by atoms with Gasteiger partial charge < -0.3 is 5.32 Å². The van der Waals surface area contributed by atoms with Crippen LogP contribution in [0.3, 0.4) is 0 Å². The molecule has 4 heteroatoms. The molecule has 106 valence electrons. The summed E-state index contributed by atoms with van der Waals surface area (Å²) in [5.74, 6) is -1.65. The van der Waals surface area contributed by atoms with Crippen molar-refractivity contribution in [3.63, 3.8) is 0 Å². The molecule has 1 atom stereocenters. The van der Waals surface area contributed by atoms with Gasteiger partial charge in [0.15, 0.2) is 11.6 Å². The average Bonchev–Trinajstić information content (AvgIpc) is 2.43. The van der Waals surface area contributed by atoms with Crippen LogP contribution >= 0.6 is 15.9 Å². The molecule has 0 aliphatic heterocycles. The summed E-state index contributed by atoms with van der Waals surface area (Å²) in [5, 5.41) is 3.31. The van der Waals surface area contributed by atoms with E-state index in [1.807, 2.05) is 32.0 Å². The summed E-state index contributed by atoms with van der Waals surface area (Å²) in [4.78, 5) is 0. The number of hydrogen-bond acceptors (Lipinski definition) is 1. The van der Waals surface area contributed by atoms with Crippen LogP contribution in [0.5, 0.6) is 0 Å². The highest BCUT2D eigenvalue weighted by atomic mass is 79.9. The van der Waals surface area contributed by atoms with Crippen LogP contribution in [0.1, 0.15) is 29.7 Å². The fourth-order valence-electron chi connectivity index (χ4n) is 2.20. The number of nitrogens with one attached hydrogen (secondary N) is 1. The molecule has 0 heterocycles. The van der Waals surface area contributed by atoms with Gasteiger partial charge in [-0.15, -0.1) is 0 Å². The van der Waals surface area contributed by atoms with Crippen LogP contribution in [0, 0.1) is 18.6 Å². The number of hydrogen-bond donors (Lipinski definition) is 1. The molecular weight excluding hydrogens is 324 g/mol. The molecule has 2 rings (SSSR count). The zero-order valence-corrected chi connectivity index (χ0v) is 13.0. The number of rotatable bonds is 4. The van der Waals surface area contributed by atoms with Crippen molar-refractivity contribution in [1.82, 2.24) is 5.32 Å². The summed E-state index contributed by atoms with van der Waals surface area (Å²) < 4.78 is 27.5. The summed E-state index contributed by atoms with van der Waals surface area (Å²) in [6, 6.07) is 9.79. The molecule has 0 bridgehead atoms. The molecule has 0 saturated carbocycles. The summed E-state index contributed by atoms with van der Waals surface area (Å²) >= 11 is 3.57. The van der Waals surface area contributed by atoms with Gasteiger partial charge in [-0.25, -0.2) is 8.78 Å². The van der Waals surface area contributed by atoms with Gasteiger partial charge in [0, 0.05) is 4.47 Å². The van der Waals surface area contributed by atoms with Crippen LogP contribution in [0.2, 0.25) is 0 Å². The van der Waals surface area contributed by atoms with Crippen LogP contribution < -0.4 is 5.32 Å². The highest BCUT2D eigenvalue weighted by Gasteiger charge is 2.18. The van der Waals surface area contributed by atoms with E-state index in [-0.39, 0.29) is 6.04 Å². The smallest absolute Gasteiger partial charge is 0.159 e. The Balaban J connectivity index is 2.50. The Morgan fingerprint density at radius 2 is 1.90 bits per heavy atom.